The van der Waals surface area contributed by atoms with E-state index in [1.807, 2.05) is 0 Å². The van der Waals surface area contributed by atoms with E-state index in [0.29, 0.717) is 24.0 Å². The lowest BCUT2D eigenvalue weighted by Gasteiger charge is -2.29. The zero-order chi connectivity index (χ0) is 15.5. The number of anilines is 1. The fraction of sp³-hybridized carbons (Fsp3) is 0.706. The molecule has 1 saturated carbocycles. The lowest BCUT2D eigenvalue weighted by atomic mass is 10.1. The molecule has 1 aromatic heterocycles. The van der Waals surface area contributed by atoms with Crippen LogP contribution in [0.2, 0.25) is 0 Å². The highest BCUT2D eigenvalue weighted by molar-refractivity contribution is 5.44. The Morgan fingerprint density at radius 1 is 1.33 bits per heavy atom. The van der Waals surface area contributed by atoms with Gasteiger partial charge in [-0.05, 0) is 46.6 Å². The monoisotopic (exact) mass is 293 g/mol. The first-order valence-corrected chi connectivity index (χ1v) is 8.07. The Balaban J connectivity index is 2.19. The van der Waals surface area contributed by atoms with Gasteiger partial charge in [0, 0.05) is 36.4 Å². The van der Waals surface area contributed by atoms with Gasteiger partial charge in [0.25, 0.3) is 0 Å². The van der Waals surface area contributed by atoms with Gasteiger partial charge in [0.05, 0.1) is 0 Å². The minimum absolute atomic E-state index is 0.0221. The molecule has 0 aliphatic heterocycles. The summed E-state index contributed by atoms with van der Waals surface area (Å²) >= 11 is 0. The molecule has 21 heavy (non-hydrogen) atoms. The standard InChI is InChI=1S/C17H28FN3/c1-5-21(14-8-6-7-9-14)16-15(18)13(10-11-19-16)12-20-17(2,3)4/h10-11,14,20H,5-9,12H2,1-4H3. The largest absolute Gasteiger partial charge is 0.351 e. The highest BCUT2D eigenvalue weighted by Crippen LogP contribution is 2.29. The van der Waals surface area contributed by atoms with Crippen LogP contribution in [-0.2, 0) is 6.54 Å². The van der Waals surface area contributed by atoms with Crippen LogP contribution in [0.15, 0.2) is 12.3 Å². The number of aromatic nitrogens is 1. The van der Waals surface area contributed by atoms with Gasteiger partial charge in [-0.15, -0.1) is 0 Å². The molecular weight excluding hydrogens is 265 g/mol. The van der Waals surface area contributed by atoms with Crippen LogP contribution in [-0.4, -0.2) is 23.1 Å². The van der Waals surface area contributed by atoms with Gasteiger partial charge >= 0.3 is 0 Å². The summed E-state index contributed by atoms with van der Waals surface area (Å²) in [6, 6.07) is 2.22. The summed E-state index contributed by atoms with van der Waals surface area (Å²) in [4.78, 5) is 6.46. The zero-order valence-electron chi connectivity index (χ0n) is 13.7. The normalized spacial score (nSPS) is 16.4. The van der Waals surface area contributed by atoms with E-state index < -0.39 is 0 Å². The van der Waals surface area contributed by atoms with Gasteiger partial charge in [-0.2, -0.15) is 0 Å². The van der Waals surface area contributed by atoms with Crippen LogP contribution in [0, 0.1) is 5.82 Å². The Morgan fingerprint density at radius 2 is 2.00 bits per heavy atom. The van der Waals surface area contributed by atoms with Gasteiger partial charge in [-0.1, -0.05) is 12.8 Å². The van der Waals surface area contributed by atoms with Crippen LogP contribution in [0.25, 0.3) is 0 Å². The van der Waals surface area contributed by atoms with Gasteiger partial charge in [0.2, 0.25) is 0 Å². The Morgan fingerprint density at radius 3 is 2.57 bits per heavy atom. The molecule has 2 rings (SSSR count). The van der Waals surface area contributed by atoms with Gasteiger partial charge in [0.1, 0.15) is 0 Å². The van der Waals surface area contributed by atoms with Gasteiger partial charge < -0.3 is 10.2 Å². The maximum absolute atomic E-state index is 14.8. The minimum atomic E-state index is -0.164. The zero-order valence-corrected chi connectivity index (χ0v) is 13.7. The number of halogens is 1. The fourth-order valence-corrected chi connectivity index (χ4v) is 2.97. The molecule has 1 N–H and O–H groups in total. The molecule has 3 nitrogen and oxygen atoms in total. The molecule has 4 heteroatoms. The van der Waals surface area contributed by atoms with Crippen molar-refractivity contribution in [2.24, 2.45) is 0 Å². The summed E-state index contributed by atoms with van der Waals surface area (Å²) in [6.07, 6.45) is 6.52. The quantitative estimate of drug-likeness (QED) is 0.893. The van der Waals surface area contributed by atoms with Crippen LogP contribution in [0.5, 0.6) is 0 Å². The van der Waals surface area contributed by atoms with E-state index in [1.165, 1.54) is 12.8 Å². The summed E-state index contributed by atoms with van der Waals surface area (Å²) < 4.78 is 14.8. The van der Waals surface area contributed by atoms with Crippen molar-refractivity contribution in [1.82, 2.24) is 10.3 Å². The van der Waals surface area contributed by atoms with Crippen molar-refractivity contribution in [2.45, 2.75) is 71.5 Å². The lowest BCUT2D eigenvalue weighted by Crippen LogP contribution is -2.36. The Bertz CT molecular complexity index is 462. The highest BCUT2D eigenvalue weighted by atomic mass is 19.1. The molecule has 1 heterocycles. The number of rotatable bonds is 5. The third-order valence-corrected chi connectivity index (χ3v) is 4.14. The van der Waals surface area contributed by atoms with Crippen molar-refractivity contribution in [2.75, 3.05) is 11.4 Å². The van der Waals surface area contributed by atoms with Gasteiger partial charge in [-0.3, -0.25) is 0 Å². The second-order valence-corrected chi connectivity index (χ2v) is 6.94. The lowest BCUT2D eigenvalue weighted by molar-refractivity contribution is 0.418. The average Bonchev–Trinajstić information content (AvgIpc) is 2.93. The number of hydrogen-bond donors (Lipinski definition) is 1. The molecule has 0 atom stereocenters. The van der Waals surface area contributed by atoms with Crippen molar-refractivity contribution in [3.63, 3.8) is 0 Å². The third-order valence-electron chi connectivity index (χ3n) is 4.14. The van der Waals surface area contributed by atoms with Crippen molar-refractivity contribution < 1.29 is 4.39 Å². The SMILES string of the molecule is CCN(c1nccc(CNC(C)(C)C)c1F)C1CCCC1. The van der Waals surface area contributed by atoms with E-state index in [2.05, 4.69) is 42.9 Å². The second kappa shape index (κ2) is 6.73. The second-order valence-electron chi connectivity index (χ2n) is 6.94. The number of nitrogens with one attached hydrogen (secondary N) is 1. The maximum atomic E-state index is 14.8. The molecule has 0 amide bonds. The van der Waals surface area contributed by atoms with Gasteiger partial charge in [-0.25, -0.2) is 9.37 Å². The molecule has 0 aromatic carbocycles. The van der Waals surface area contributed by atoms with Crippen LogP contribution >= 0.6 is 0 Å². The topological polar surface area (TPSA) is 28.2 Å². The predicted octanol–water partition coefficient (Wildman–Crippen LogP) is 3.88. The average molecular weight is 293 g/mol. The Kier molecular flexibility index (Phi) is 5.20. The molecule has 1 aliphatic carbocycles. The molecular formula is C17H28FN3. The molecule has 0 radical (unpaired) electrons. The van der Waals surface area contributed by atoms with Crippen molar-refractivity contribution in [3.05, 3.63) is 23.6 Å². The Labute approximate surface area is 127 Å². The van der Waals surface area contributed by atoms with E-state index >= 15 is 0 Å². The van der Waals surface area contributed by atoms with E-state index in [9.17, 15) is 4.39 Å². The predicted molar refractivity (Wildman–Crippen MR) is 86.1 cm³/mol. The summed E-state index contributed by atoms with van der Waals surface area (Å²) in [5.41, 5.74) is 0.678. The smallest absolute Gasteiger partial charge is 0.170 e. The molecule has 0 saturated heterocycles. The van der Waals surface area contributed by atoms with E-state index in [0.717, 1.165) is 19.4 Å². The number of hydrogen-bond acceptors (Lipinski definition) is 3. The third kappa shape index (κ3) is 4.16. The van der Waals surface area contributed by atoms with Crippen LogP contribution in [0.4, 0.5) is 10.2 Å². The van der Waals surface area contributed by atoms with E-state index in [4.69, 9.17) is 0 Å². The number of pyridine rings is 1. The molecule has 0 unspecified atom stereocenters. The molecule has 1 fully saturated rings. The van der Waals surface area contributed by atoms with E-state index in [-0.39, 0.29) is 11.4 Å². The molecule has 118 valence electrons. The van der Waals surface area contributed by atoms with Crippen molar-refractivity contribution in [1.29, 1.82) is 0 Å². The first kappa shape index (κ1) is 16.2. The van der Waals surface area contributed by atoms with Crippen molar-refractivity contribution in [3.8, 4) is 0 Å². The molecule has 0 spiro atoms. The maximum Gasteiger partial charge on any atom is 0.170 e. The van der Waals surface area contributed by atoms with Crippen LogP contribution in [0.3, 0.4) is 0 Å². The molecule has 1 aliphatic rings. The minimum Gasteiger partial charge on any atom is -0.351 e. The van der Waals surface area contributed by atoms with Crippen LogP contribution in [0.1, 0.15) is 58.9 Å². The Hall–Kier alpha value is -1.16. The fourth-order valence-electron chi connectivity index (χ4n) is 2.97. The summed E-state index contributed by atoms with van der Waals surface area (Å²) in [5.74, 6) is 0.362. The van der Waals surface area contributed by atoms with Crippen molar-refractivity contribution >= 4 is 5.82 Å². The first-order chi connectivity index (χ1) is 9.92. The highest BCUT2D eigenvalue weighted by Gasteiger charge is 2.25. The molecule has 1 aromatic rings. The first-order valence-electron chi connectivity index (χ1n) is 8.07. The number of nitrogens with zero attached hydrogens (tertiary/aromatic N) is 2. The summed E-state index contributed by atoms with van der Waals surface area (Å²) in [6.45, 7) is 9.69. The van der Waals surface area contributed by atoms with E-state index in [1.54, 1.807) is 12.3 Å². The molecule has 0 bridgehead atoms. The summed E-state index contributed by atoms with van der Waals surface area (Å²) in [7, 11) is 0. The van der Waals surface area contributed by atoms with Gasteiger partial charge in [0.15, 0.2) is 11.6 Å². The van der Waals surface area contributed by atoms with Crippen LogP contribution < -0.4 is 10.2 Å². The summed E-state index contributed by atoms with van der Waals surface area (Å²) in [5, 5.41) is 3.35.